The molecule has 0 aliphatic heterocycles. The summed E-state index contributed by atoms with van der Waals surface area (Å²) in [5.41, 5.74) is 3.30. The Hall–Kier alpha value is -2.32. The predicted molar refractivity (Wildman–Crippen MR) is 131 cm³/mol. The van der Waals surface area contributed by atoms with E-state index in [4.69, 9.17) is 13.3 Å². The number of esters is 1. The summed E-state index contributed by atoms with van der Waals surface area (Å²) in [6.07, 6.45) is 5.54. The fraction of sp³-hybridized carbons (Fsp3) is 0.423. The molecule has 180 valence electrons. The summed E-state index contributed by atoms with van der Waals surface area (Å²) >= 11 is 0. The first-order valence-corrected chi connectivity index (χ1v) is 13.5. The van der Waals surface area contributed by atoms with Crippen molar-refractivity contribution in [2.45, 2.75) is 46.1 Å². The molecule has 0 bridgehead atoms. The van der Waals surface area contributed by atoms with Crippen LogP contribution in [0.15, 0.2) is 48.5 Å². The molecule has 33 heavy (non-hydrogen) atoms. The number of methoxy groups -OCH3 is 1. The molecule has 2 aromatic carbocycles. The predicted octanol–water partition coefficient (Wildman–Crippen LogP) is 6.05. The van der Waals surface area contributed by atoms with Gasteiger partial charge in [0.1, 0.15) is 5.82 Å². The van der Waals surface area contributed by atoms with Gasteiger partial charge in [0.2, 0.25) is 0 Å². The average Bonchev–Trinajstić information content (AvgIpc) is 2.82. The van der Waals surface area contributed by atoms with E-state index >= 15 is 0 Å². The Balaban J connectivity index is 1.94. The average molecular weight is 475 g/mol. The van der Waals surface area contributed by atoms with Crippen molar-refractivity contribution in [2.75, 3.05) is 26.9 Å². The molecule has 0 atom stereocenters. The largest absolute Gasteiger partial charge is 0.500 e. The van der Waals surface area contributed by atoms with Gasteiger partial charge in [0, 0.05) is 37.5 Å². The Morgan fingerprint density at radius 3 is 2.06 bits per heavy atom. The molecule has 0 aromatic heterocycles. The van der Waals surface area contributed by atoms with Crippen LogP contribution in [-0.2, 0) is 29.2 Å². The molecule has 0 spiro atoms. The van der Waals surface area contributed by atoms with Gasteiger partial charge in [-0.15, -0.1) is 0 Å². The Labute approximate surface area is 197 Å². The highest BCUT2D eigenvalue weighted by Crippen LogP contribution is 2.24. The van der Waals surface area contributed by atoms with Gasteiger partial charge in [-0.2, -0.15) is 0 Å². The molecule has 0 saturated heterocycles. The number of rotatable bonds is 14. The zero-order chi connectivity index (χ0) is 24.1. The second-order valence-corrected chi connectivity index (χ2v) is 10.2. The van der Waals surface area contributed by atoms with E-state index < -0.39 is 14.8 Å². The molecule has 0 aliphatic rings. The van der Waals surface area contributed by atoms with Gasteiger partial charge in [-0.3, -0.25) is 0 Å². The van der Waals surface area contributed by atoms with E-state index in [1.165, 1.54) is 30.9 Å². The number of ether oxygens (including phenoxy) is 1. The summed E-state index contributed by atoms with van der Waals surface area (Å²) in [6, 6.07) is 14.0. The zero-order valence-electron chi connectivity index (χ0n) is 20.1. The second kappa shape index (κ2) is 14.1. The highest BCUT2D eigenvalue weighted by atomic mass is 28.4. The number of carbonyl (C=O) groups excluding carboxylic acids is 1. The van der Waals surface area contributed by atoms with Crippen LogP contribution in [0.3, 0.4) is 0 Å². The van der Waals surface area contributed by atoms with E-state index in [1.54, 1.807) is 6.07 Å². The van der Waals surface area contributed by atoms with Crippen molar-refractivity contribution in [1.29, 1.82) is 0 Å². The Morgan fingerprint density at radius 1 is 0.909 bits per heavy atom. The van der Waals surface area contributed by atoms with Crippen LogP contribution in [0.5, 0.6) is 0 Å². The number of benzene rings is 2. The number of carbonyl (C=O) groups is 1. The summed E-state index contributed by atoms with van der Waals surface area (Å²) in [7, 11) is -1.29. The molecule has 2 rings (SSSR count). The van der Waals surface area contributed by atoms with Crippen LogP contribution in [0.1, 0.15) is 44.7 Å². The van der Waals surface area contributed by atoms with Gasteiger partial charge >= 0.3 is 14.8 Å². The monoisotopic (exact) mass is 474 g/mol. The van der Waals surface area contributed by atoms with Crippen molar-refractivity contribution >= 4 is 20.8 Å². The Morgan fingerprint density at radius 2 is 1.52 bits per heavy atom. The number of hydrogen-bond donors (Lipinski definition) is 0. The van der Waals surface area contributed by atoms with Crippen molar-refractivity contribution < 1.29 is 27.2 Å². The van der Waals surface area contributed by atoms with E-state index in [1.807, 2.05) is 39.0 Å². The lowest BCUT2D eigenvalue weighted by atomic mass is 10.0. The first-order chi connectivity index (χ1) is 16.0. The van der Waals surface area contributed by atoms with Gasteiger partial charge in [-0.05, 0) is 68.9 Å². The molecular weight excluding hydrogens is 439 g/mol. The van der Waals surface area contributed by atoms with Gasteiger partial charge in [0.15, 0.2) is 0 Å². The third-order valence-corrected chi connectivity index (χ3v) is 8.33. The minimum atomic E-state index is -2.58. The molecule has 0 amide bonds. The van der Waals surface area contributed by atoms with E-state index in [9.17, 15) is 9.18 Å². The van der Waals surface area contributed by atoms with Gasteiger partial charge in [-0.25, -0.2) is 9.18 Å². The van der Waals surface area contributed by atoms with Crippen LogP contribution < -0.4 is 0 Å². The van der Waals surface area contributed by atoms with Crippen molar-refractivity contribution in [2.24, 2.45) is 0 Å². The van der Waals surface area contributed by atoms with Crippen LogP contribution in [-0.4, -0.2) is 41.7 Å². The quantitative estimate of drug-likeness (QED) is 0.144. The molecule has 0 aliphatic carbocycles. The lowest BCUT2D eigenvalue weighted by molar-refractivity contribution is -0.134. The highest BCUT2D eigenvalue weighted by Gasteiger charge is 2.39. The summed E-state index contributed by atoms with van der Waals surface area (Å²) in [5.74, 6) is -0.905. The van der Waals surface area contributed by atoms with Gasteiger partial charge in [0.25, 0.3) is 0 Å². The molecule has 0 unspecified atom stereocenters. The lowest BCUT2D eigenvalue weighted by Crippen LogP contribution is -2.45. The van der Waals surface area contributed by atoms with Crippen LogP contribution >= 0.6 is 0 Å². The van der Waals surface area contributed by atoms with E-state index in [0.717, 1.165) is 36.4 Å². The molecule has 2 aromatic rings. The van der Waals surface area contributed by atoms with Crippen molar-refractivity contribution in [1.82, 2.24) is 0 Å². The zero-order valence-corrected chi connectivity index (χ0v) is 21.1. The fourth-order valence-electron chi connectivity index (χ4n) is 3.60. The van der Waals surface area contributed by atoms with Crippen LogP contribution in [0, 0.1) is 5.82 Å². The van der Waals surface area contributed by atoms with Gasteiger partial charge in [0.05, 0.1) is 7.11 Å². The smallest absolute Gasteiger partial charge is 0.466 e. The van der Waals surface area contributed by atoms with Gasteiger partial charge < -0.3 is 18.0 Å². The minimum Gasteiger partial charge on any atom is -0.466 e. The van der Waals surface area contributed by atoms with Crippen molar-refractivity contribution in [3.05, 3.63) is 65.5 Å². The molecule has 0 N–H and O–H groups in total. The SMILES string of the molecule is CCO[Si](CCCCc1ccc(-c2ccc(/C=C/C(=O)OC)c(F)c2)cc1)(OCC)OCC. The molecule has 0 radical (unpaired) electrons. The summed E-state index contributed by atoms with van der Waals surface area (Å²) in [4.78, 5) is 11.2. The molecule has 0 saturated carbocycles. The molecular formula is C26H35FO5Si. The topological polar surface area (TPSA) is 54.0 Å². The third kappa shape index (κ3) is 8.51. The molecule has 7 heteroatoms. The van der Waals surface area contributed by atoms with Crippen LogP contribution in [0.2, 0.25) is 6.04 Å². The summed E-state index contributed by atoms with van der Waals surface area (Å²) in [6.45, 7) is 7.70. The summed E-state index contributed by atoms with van der Waals surface area (Å²) < 4.78 is 36.7. The highest BCUT2D eigenvalue weighted by molar-refractivity contribution is 6.60. The van der Waals surface area contributed by atoms with Crippen molar-refractivity contribution in [3.63, 3.8) is 0 Å². The normalized spacial score (nSPS) is 11.8. The third-order valence-electron chi connectivity index (χ3n) is 5.18. The van der Waals surface area contributed by atoms with E-state index in [-0.39, 0.29) is 5.82 Å². The first kappa shape index (κ1) is 26.9. The maximum Gasteiger partial charge on any atom is 0.500 e. The lowest BCUT2D eigenvalue weighted by Gasteiger charge is -2.28. The van der Waals surface area contributed by atoms with Crippen molar-refractivity contribution in [3.8, 4) is 11.1 Å². The molecule has 0 fully saturated rings. The van der Waals surface area contributed by atoms with Crippen LogP contribution in [0.4, 0.5) is 4.39 Å². The summed E-state index contributed by atoms with van der Waals surface area (Å²) in [5, 5.41) is 0. The molecule has 0 heterocycles. The maximum absolute atomic E-state index is 14.4. The number of hydrogen-bond acceptors (Lipinski definition) is 5. The van der Waals surface area contributed by atoms with Crippen LogP contribution in [0.25, 0.3) is 17.2 Å². The van der Waals surface area contributed by atoms with E-state index in [0.29, 0.717) is 25.4 Å². The minimum absolute atomic E-state index is 0.339. The second-order valence-electron chi connectivity index (χ2n) is 7.48. The molecule has 5 nitrogen and oxygen atoms in total. The van der Waals surface area contributed by atoms with E-state index in [2.05, 4.69) is 16.9 Å². The maximum atomic E-state index is 14.4. The number of halogens is 1. The van der Waals surface area contributed by atoms with Gasteiger partial charge in [-0.1, -0.05) is 36.4 Å². The Kier molecular flexibility index (Phi) is 11.5. The first-order valence-electron chi connectivity index (χ1n) is 11.5. The standard InChI is InChI=1S/C26H35FO5Si/c1-5-30-33(31-6-2,32-7-3)19-9-8-10-21-11-13-22(14-12-21)24-16-15-23(25(27)20-24)17-18-26(28)29-4/h11-18,20H,5-10,19H2,1-4H3/b18-17+. The Bertz CT molecular complexity index is 881. The fourth-order valence-corrected chi connectivity index (χ4v) is 6.29. The number of unbranched alkanes of at least 4 members (excludes halogenated alkanes) is 1. The number of aryl methyl sites for hydroxylation is 1.